The second kappa shape index (κ2) is 7.41. The molecule has 3 nitrogen and oxygen atoms in total. The maximum atomic E-state index is 13.7. The van der Waals surface area contributed by atoms with Gasteiger partial charge in [-0.05, 0) is 36.2 Å². The van der Waals surface area contributed by atoms with Crippen molar-refractivity contribution in [2.75, 3.05) is 6.61 Å². The summed E-state index contributed by atoms with van der Waals surface area (Å²) in [7, 11) is 0. The topological polar surface area (TPSA) is 42.2 Å². The highest BCUT2D eigenvalue weighted by Gasteiger charge is 2.14. The Labute approximate surface area is 127 Å². The highest BCUT2D eigenvalue weighted by molar-refractivity contribution is 5.38. The fourth-order valence-corrected chi connectivity index (χ4v) is 1.79. The van der Waals surface area contributed by atoms with Gasteiger partial charge in [0.2, 0.25) is 5.82 Å². The molecule has 0 bridgehead atoms. The van der Waals surface area contributed by atoms with Gasteiger partial charge in [0.05, 0.1) is 12.2 Å². The lowest BCUT2D eigenvalue weighted by Gasteiger charge is -2.09. The number of hydrogen-bond acceptors (Lipinski definition) is 3. The molecule has 0 aliphatic heterocycles. The predicted molar refractivity (Wildman–Crippen MR) is 77.6 cm³/mol. The van der Waals surface area contributed by atoms with Crippen molar-refractivity contribution >= 4 is 0 Å². The molecule has 2 aromatic carbocycles. The van der Waals surface area contributed by atoms with E-state index < -0.39 is 11.6 Å². The monoisotopic (exact) mass is 303 g/mol. The van der Waals surface area contributed by atoms with Crippen LogP contribution in [0.3, 0.4) is 0 Å². The first-order chi connectivity index (χ1) is 10.7. The molecule has 0 amide bonds. The number of nitrogens with zero attached hydrogens (tertiary/aromatic N) is 1. The minimum absolute atomic E-state index is 0.0936. The molecule has 0 atom stereocenters. The quantitative estimate of drug-likeness (QED) is 0.803. The summed E-state index contributed by atoms with van der Waals surface area (Å²) >= 11 is 0. The average Bonchev–Trinajstić information content (AvgIpc) is 2.55. The minimum atomic E-state index is -1.19. The molecule has 114 valence electrons. The Morgan fingerprint density at radius 1 is 1.00 bits per heavy atom. The number of halogens is 2. The maximum absolute atomic E-state index is 13.7. The van der Waals surface area contributed by atoms with Crippen LogP contribution in [0, 0.1) is 23.0 Å². The lowest BCUT2D eigenvalue weighted by Crippen LogP contribution is -2.01. The SMILES string of the molecule is CCCOc1ccc(COc2ccc(C#N)c(F)c2F)cc1. The molecule has 0 aliphatic rings. The average molecular weight is 303 g/mol. The first-order valence-corrected chi connectivity index (χ1v) is 6.88. The van der Waals surface area contributed by atoms with Crippen molar-refractivity contribution in [1.82, 2.24) is 0 Å². The second-order valence-electron chi connectivity index (χ2n) is 4.63. The predicted octanol–water partition coefficient (Wildman–Crippen LogP) is 4.20. The summed E-state index contributed by atoms with van der Waals surface area (Å²) in [5, 5.41) is 8.62. The van der Waals surface area contributed by atoms with E-state index in [4.69, 9.17) is 14.7 Å². The Hall–Kier alpha value is -2.61. The molecular formula is C17H15F2NO2. The van der Waals surface area contributed by atoms with Gasteiger partial charge in [-0.1, -0.05) is 19.1 Å². The molecule has 0 saturated carbocycles. The molecule has 0 saturated heterocycles. The minimum Gasteiger partial charge on any atom is -0.494 e. The van der Waals surface area contributed by atoms with Gasteiger partial charge in [-0.3, -0.25) is 0 Å². The van der Waals surface area contributed by atoms with Crippen LogP contribution in [0.5, 0.6) is 11.5 Å². The smallest absolute Gasteiger partial charge is 0.202 e. The van der Waals surface area contributed by atoms with Gasteiger partial charge < -0.3 is 9.47 Å². The number of rotatable bonds is 6. The molecule has 0 aromatic heterocycles. The molecule has 5 heteroatoms. The van der Waals surface area contributed by atoms with E-state index in [0.29, 0.717) is 6.61 Å². The molecule has 0 N–H and O–H groups in total. The van der Waals surface area contributed by atoms with Gasteiger partial charge >= 0.3 is 0 Å². The Morgan fingerprint density at radius 3 is 2.36 bits per heavy atom. The number of ether oxygens (including phenoxy) is 2. The van der Waals surface area contributed by atoms with E-state index in [1.54, 1.807) is 30.3 Å². The first-order valence-electron chi connectivity index (χ1n) is 6.88. The fourth-order valence-electron chi connectivity index (χ4n) is 1.79. The summed E-state index contributed by atoms with van der Waals surface area (Å²) in [4.78, 5) is 0. The van der Waals surface area contributed by atoms with Crippen LogP contribution in [0.2, 0.25) is 0 Å². The molecule has 0 spiro atoms. The summed E-state index contributed by atoms with van der Waals surface area (Å²) < 4.78 is 37.9. The van der Waals surface area contributed by atoms with Crippen LogP contribution in [-0.2, 0) is 6.61 Å². The molecule has 0 radical (unpaired) electrons. The van der Waals surface area contributed by atoms with Gasteiger partial charge in [0.25, 0.3) is 0 Å². The Kier molecular flexibility index (Phi) is 5.31. The highest BCUT2D eigenvalue weighted by Crippen LogP contribution is 2.23. The van der Waals surface area contributed by atoms with Crippen LogP contribution in [0.1, 0.15) is 24.5 Å². The zero-order valence-electron chi connectivity index (χ0n) is 12.1. The van der Waals surface area contributed by atoms with E-state index in [1.807, 2.05) is 6.92 Å². The maximum Gasteiger partial charge on any atom is 0.202 e. The number of benzene rings is 2. The number of hydrogen-bond donors (Lipinski definition) is 0. The molecule has 0 heterocycles. The van der Waals surface area contributed by atoms with Gasteiger partial charge in [0.15, 0.2) is 11.6 Å². The van der Waals surface area contributed by atoms with Crippen LogP contribution in [-0.4, -0.2) is 6.61 Å². The summed E-state index contributed by atoms with van der Waals surface area (Å²) in [6.45, 7) is 2.76. The third-order valence-corrected chi connectivity index (χ3v) is 2.96. The van der Waals surface area contributed by atoms with Gasteiger partial charge in [-0.15, -0.1) is 0 Å². The van der Waals surface area contributed by atoms with E-state index in [-0.39, 0.29) is 17.9 Å². The third kappa shape index (κ3) is 3.73. The summed E-state index contributed by atoms with van der Waals surface area (Å²) in [5.41, 5.74) is 0.454. The molecule has 2 aromatic rings. The van der Waals surface area contributed by atoms with Gasteiger partial charge in [-0.25, -0.2) is 4.39 Å². The Morgan fingerprint density at radius 2 is 1.73 bits per heavy atom. The van der Waals surface area contributed by atoms with E-state index in [0.717, 1.165) is 17.7 Å². The number of nitriles is 1. The van der Waals surface area contributed by atoms with E-state index in [2.05, 4.69) is 0 Å². The molecule has 0 fully saturated rings. The third-order valence-electron chi connectivity index (χ3n) is 2.96. The fraction of sp³-hybridized carbons (Fsp3) is 0.235. The summed E-state index contributed by atoms with van der Waals surface area (Å²) in [6.07, 6.45) is 0.925. The zero-order valence-corrected chi connectivity index (χ0v) is 12.1. The van der Waals surface area contributed by atoms with Crippen molar-refractivity contribution in [3.63, 3.8) is 0 Å². The molecule has 22 heavy (non-hydrogen) atoms. The lowest BCUT2D eigenvalue weighted by atomic mass is 10.2. The highest BCUT2D eigenvalue weighted by atomic mass is 19.2. The standard InChI is InChI=1S/C17H15F2NO2/c1-2-9-21-14-6-3-12(4-7-14)11-22-15-8-5-13(10-20)16(18)17(15)19/h3-8H,2,9,11H2,1H3. The Balaban J connectivity index is 2.01. The van der Waals surface area contributed by atoms with Crippen molar-refractivity contribution in [3.8, 4) is 17.6 Å². The molecule has 0 aliphatic carbocycles. The van der Waals surface area contributed by atoms with E-state index >= 15 is 0 Å². The normalized spacial score (nSPS) is 10.1. The van der Waals surface area contributed by atoms with Crippen LogP contribution >= 0.6 is 0 Å². The van der Waals surface area contributed by atoms with Crippen molar-refractivity contribution in [3.05, 3.63) is 59.2 Å². The summed E-state index contributed by atoms with van der Waals surface area (Å²) in [6, 6.07) is 11.2. The van der Waals surface area contributed by atoms with Crippen LogP contribution in [0.4, 0.5) is 8.78 Å². The van der Waals surface area contributed by atoms with Gasteiger partial charge in [0, 0.05) is 0 Å². The van der Waals surface area contributed by atoms with Crippen molar-refractivity contribution in [2.24, 2.45) is 0 Å². The van der Waals surface area contributed by atoms with Gasteiger partial charge in [-0.2, -0.15) is 9.65 Å². The van der Waals surface area contributed by atoms with Crippen molar-refractivity contribution in [1.29, 1.82) is 5.26 Å². The second-order valence-corrected chi connectivity index (χ2v) is 4.63. The van der Waals surface area contributed by atoms with Crippen LogP contribution < -0.4 is 9.47 Å². The first kappa shape index (κ1) is 15.8. The largest absolute Gasteiger partial charge is 0.494 e. The van der Waals surface area contributed by atoms with Crippen LogP contribution in [0.15, 0.2) is 36.4 Å². The van der Waals surface area contributed by atoms with Crippen molar-refractivity contribution < 1.29 is 18.3 Å². The van der Waals surface area contributed by atoms with E-state index in [1.165, 1.54) is 12.1 Å². The van der Waals surface area contributed by atoms with Gasteiger partial charge in [0.1, 0.15) is 18.4 Å². The van der Waals surface area contributed by atoms with Crippen molar-refractivity contribution in [2.45, 2.75) is 20.0 Å². The van der Waals surface area contributed by atoms with E-state index in [9.17, 15) is 8.78 Å². The Bertz CT molecular complexity index is 678. The lowest BCUT2D eigenvalue weighted by molar-refractivity contribution is 0.284. The molecule has 2 rings (SSSR count). The summed E-state index contributed by atoms with van der Waals surface area (Å²) in [5.74, 6) is -1.81. The molecular weight excluding hydrogens is 288 g/mol. The molecule has 0 unspecified atom stereocenters. The van der Waals surface area contributed by atoms with Crippen LogP contribution in [0.25, 0.3) is 0 Å². The zero-order chi connectivity index (χ0) is 15.9.